The predicted molar refractivity (Wildman–Crippen MR) is 82.5 cm³/mol. The van der Waals surface area contributed by atoms with Gasteiger partial charge in [0.15, 0.2) is 0 Å². The molecule has 1 aromatic carbocycles. The number of anilines is 1. The minimum Gasteiger partial charge on any atom is -0.490 e. The second-order valence-corrected chi connectivity index (χ2v) is 6.69. The summed E-state index contributed by atoms with van der Waals surface area (Å²) in [6.45, 7) is 6.70. The van der Waals surface area contributed by atoms with Crippen LogP contribution in [0.5, 0.6) is 5.75 Å². The highest BCUT2D eigenvalue weighted by Crippen LogP contribution is 2.33. The van der Waals surface area contributed by atoms with E-state index >= 15 is 0 Å². The van der Waals surface area contributed by atoms with Crippen molar-refractivity contribution in [2.75, 3.05) is 12.3 Å². The number of hydrogen-bond donors (Lipinski definition) is 2. The monoisotopic (exact) mass is 292 g/mol. The normalized spacial score (nSPS) is 22.9. The highest BCUT2D eigenvalue weighted by molar-refractivity contribution is 5.65. The van der Waals surface area contributed by atoms with Gasteiger partial charge < -0.3 is 20.5 Å². The fourth-order valence-electron chi connectivity index (χ4n) is 2.87. The summed E-state index contributed by atoms with van der Waals surface area (Å²) in [5.41, 5.74) is 6.31. The lowest BCUT2D eigenvalue weighted by atomic mass is 9.80. The van der Waals surface area contributed by atoms with Crippen LogP contribution >= 0.6 is 0 Å². The van der Waals surface area contributed by atoms with Gasteiger partial charge in [-0.05, 0) is 17.5 Å². The molecule has 0 aliphatic carbocycles. The van der Waals surface area contributed by atoms with Crippen molar-refractivity contribution in [3.8, 4) is 5.75 Å². The number of nitrogen functional groups attached to an aromatic ring is 1. The summed E-state index contributed by atoms with van der Waals surface area (Å²) in [5, 5.41) is 9.35. The molecule has 0 spiro atoms. The number of hydrogen-bond acceptors (Lipinski definition) is 3. The summed E-state index contributed by atoms with van der Waals surface area (Å²) in [5.74, 6) is 0.747. The molecular weight excluding hydrogens is 268 g/mol. The molecule has 1 aromatic rings. The summed E-state index contributed by atoms with van der Waals surface area (Å²) >= 11 is 0. The van der Waals surface area contributed by atoms with Gasteiger partial charge in [0.1, 0.15) is 11.9 Å². The van der Waals surface area contributed by atoms with Crippen molar-refractivity contribution < 1.29 is 14.6 Å². The van der Waals surface area contributed by atoms with E-state index in [0.717, 1.165) is 5.75 Å². The Labute approximate surface area is 125 Å². The molecule has 1 amide bonds. The Morgan fingerprint density at radius 2 is 2.14 bits per heavy atom. The molecule has 0 aromatic heterocycles. The van der Waals surface area contributed by atoms with Crippen LogP contribution in [-0.4, -0.2) is 34.8 Å². The van der Waals surface area contributed by atoms with E-state index in [-0.39, 0.29) is 17.6 Å². The zero-order valence-corrected chi connectivity index (χ0v) is 12.9. The van der Waals surface area contributed by atoms with Crippen molar-refractivity contribution >= 4 is 11.8 Å². The number of nitrogens with two attached hydrogens (primary N) is 1. The molecule has 1 heterocycles. The second-order valence-electron chi connectivity index (χ2n) is 6.69. The van der Waals surface area contributed by atoms with Crippen LogP contribution < -0.4 is 10.5 Å². The van der Waals surface area contributed by atoms with Gasteiger partial charge in [0.2, 0.25) is 0 Å². The third-order valence-corrected chi connectivity index (χ3v) is 3.96. The quantitative estimate of drug-likeness (QED) is 0.821. The van der Waals surface area contributed by atoms with Gasteiger partial charge in [-0.1, -0.05) is 26.8 Å². The van der Waals surface area contributed by atoms with E-state index in [1.165, 1.54) is 0 Å². The van der Waals surface area contributed by atoms with E-state index in [9.17, 15) is 9.90 Å². The van der Waals surface area contributed by atoms with Crippen LogP contribution in [0, 0.1) is 5.41 Å². The third-order valence-electron chi connectivity index (χ3n) is 3.96. The Morgan fingerprint density at radius 1 is 1.43 bits per heavy atom. The maximum Gasteiger partial charge on any atom is 0.407 e. The number of likely N-dealkylation sites (tertiary alicyclic amines) is 1. The molecule has 0 saturated carbocycles. The number of piperidine rings is 1. The van der Waals surface area contributed by atoms with Gasteiger partial charge in [-0.3, -0.25) is 0 Å². The van der Waals surface area contributed by atoms with Gasteiger partial charge in [-0.15, -0.1) is 0 Å². The minimum atomic E-state index is -0.850. The van der Waals surface area contributed by atoms with E-state index in [2.05, 4.69) is 20.8 Å². The molecule has 2 unspecified atom stereocenters. The van der Waals surface area contributed by atoms with Crippen molar-refractivity contribution in [2.45, 2.75) is 45.8 Å². The van der Waals surface area contributed by atoms with Crippen LogP contribution in [0.25, 0.3) is 0 Å². The first-order valence-corrected chi connectivity index (χ1v) is 7.29. The molecule has 3 N–H and O–H groups in total. The second kappa shape index (κ2) is 5.84. The first-order chi connectivity index (χ1) is 9.77. The summed E-state index contributed by atoms with van der Waals surface area (Å²) in [4.78, 5) is 12.9. The fraction of sp³-hybridized carbons (Fsp3) is 0.562. The van der Waals surface area contributed by atoms with Crippen LogP contribution in [0.4, 0.5) is 10.5 Å². The van der Waals surface area contributed by atoms with E-state index in [0.29, 0.717) is 25.1 Å². The average Bonchev–Trinajstić information content (AvgIpc) is 2.37. The maximum absolute atomic E-state index is 11.4. The van der Waals surface area contributed by atoms with Crippen LogP contribution in [-0.2, 0) is 0 Å². The molecule has 0 radical (unpaired) electrons. The number of rotatable bonds is 2. The lowest BCUT2D eigenvalue weighted by Gasteiger charge is -2.44. The number of nitrogens with zero attached hydrogens (tertiary/aromatic N) is 1. The van der Waals surface area contributed by atoms with E-state index in [1.54, 1.807) is 11.0 Å². The molecule has 1 saturated heterocycles. The fourth-order valence-corrected chi connectivity index (χ4v) is 2.87. The SMILES string of the molecule is CC(C)(C)C1CC(Oc2cccc(N)c2)CCN1C(=O)O. The molecule has 1 aliphatic rings. The van der Waals surface area contributed by atoms with Crippen LogP contribution in [0.3, 0.4) is 0 Å². The van der Waals surface area contributed by atoms with Gasteiger partial charge in [-0.25, -0.2) is 4.79 Å². The smallest absolute Gasteiger partial charge is 0.407 e. The largest absolute Gasteiger partial charge is 0.490 e. The topological polar surface area (TPSA) is 75.8 Å². The Bertz CT molecular complexity index is 510. The highest BCUT2D eigenvalue weighted by atomic mass is 16.5. The van der Waals surface area contributed by atoms with Crippen LogP contribution in [0.15, 0.2) is 24.3 Å². The molecule has 5 heteroatoms. The molecule has 2 atom stereocenters. The van der Waals surface area contributed by atoms with Gasteiger partial charge in [-0.2, -0.15) is 0 Å². The number of benzene rings is 1. The number of amides is 1. The van der Waals surface area contributed by atoms with E-state index in [4.69, 9.17) is 10.5 Å². The van der Waals surface area contributed by atoms with Crippen molar-refractivity contribution in [2.24, 2.45) is 5.41 Å². The Kier molecular flexibility index (Phi) is 4.30. The molecule has 1 aliphatic heterocycles. The molecule has 21 heavy (non-hydrogen) atoms. The minimum absolute atomic E-state index is 0.0200. The maximum atomic E-state index is 11.4. The standard InChI is InChI=1S/C16H24N2O3/c1-16(2,3)14-10-13(7-8-18(14)15(19)20)21-12-6-4-5-11(17)9-12/h4-6,9,13-14H,7-8,10,17H2,1-3H3,(H,19,20). The van der Waals surface area contributed by atoms with Crippen molar-refractivity contribution in [3.05, 3.63) is 24.3 Å². The summed E-state index contributed by atoms with van der Waals surface area (Å²) < 4.78 is 5.99. The number of ether oxygens (including phenoxy) is 1. The molecule has 2 rings (SSSR count). The van der Waals surface area contributed by atoms with Gasteiger partial charge >= 0.3 is 6.09 Å². The van der Waals surface area contributed by atoms with Gasteiger partial charge in [0.25, 0.3) is 0 Å². The molecule has 5 nitrogen and oxygen atoms in total. The van der Waals surface area contributed by atoms with Crippen LogP contribution in [0.1, 0.15) is 33.6 Å². The summed E-state index contributed by atoms with van der Waals surface area (Å²) in [6.07, 6.45) is 0.571. The Morgan fingerprint density at radius 3 is 2.71 bits per heavy atom. The van der Waals surface area contributed by atoms with Crippen molar-refractivity contribution in [1.29, 1.82) is 0 Å². The third kappa shape index (κ3) is 3.80. The lowest BCUT2D eigenvalue weighted by molar-refractivity contribution is 0.0130. The predicted octanol–water partition coefficient (Wildman–Crippen LogP) is 3.20. The zero-order chi connectivity index (χ0) is 15.6. The number of carbonyl (C=O) groups is 1. The highest BCUT2D eigenvalue weighted by Gasteiger charge is 2.39. The Hall–Kier alpha value is -1.91. The zero-order valence-electron chi connectivity index (χ0n) is 12.9. The first-order valence-electron chi connectivity index (χ1n) is 7.29. The molecule has 116 valence electrons. The lowest BCUT2D eigenvalue weighted by Crippen LogP contribution is -2.53. The van der Waals surface area contributed by atoms with E-state index < -0.39 is 6.09 Å². The van der Waals surface area contributed by atoms with E-state index in [1.807, 2.05) is 18.2 Å². The first kappa shape index (κ1) is 15.5. The molecular formula is C16H24N2O3. The van der Waals surface area contributed by atoms with Crippen LogP contribution in [0.2, 0.25) is 0 Å². The summed E-state index contributed by atoms with van der Waals surface area (Å²) in [7, 11) is 0. The van der Waals surface area contributed by atoms with Gasteiger partial charge in [0, 0.05) is 37.2 Å². The van der Waals surface area contributed by atoms with Crippen molar-refractivity contribution in [3.63, 3.8) is 0 Å². The average molecular weight is 292 g/mol. The van der Waals surface area contributed by atoms with Crippen molar-refractivity contribution in [1.82, 2.24) is 4.90 Å². The van der Waals surface area contributed by atoms with Gasteiger partial charge in [0.05, 0.1) is 0 Å². The summed E-state index contributed by atoms with van der Waals surface area (Å²) in [6, 6.07) is 7.31. The number of carboxylic acid groups (broad SMARTS) is 1. The Balaban J connectivity index is 2.09. The molecule has 0 bridgehead atoms. The molecule has 1 fully saturated rings.